The molecule has 0 aromatic heterocycles. The largest absolute Gasteiger partial charge is 0.496 e. The van der Waals surface area contributed by atoms with Crippen LogP contribution in [0.5, 0.6) is 5.75 Å². The fourth-order valence-corrected chi connectivity index (χ4v) is 1.81. The van der Waals surface area contributed by atoms with E-state index in [1.807, 2.05) is 0 Å². The molecule has 1 nitrogen and oxygen atoms in total. The van der Waals surface area contributed by atoms with Gasteiger partial charge < -0.3 is 4.74 Å². The molecule has 0 fully saturated rings. The second-order valence-electron chi connectivity index (χ2n) is 4.34. The molecule has 0 saturated heterocycles. The first kappa shape index (κ1) is 12.8. The van der Waals surface area contributed by atoms with Crippen molar-refractivity contribution in [2.45, 2.75) is 39.5 Å². The predicted molar refractivity (Wildman–Crippen MR) is 70.2 cm³/mol. The van der Waals surface area contributed by atoms with Crippen molar-refractivity contribution in [2.75, 3.05) is 7.11 Å². The lowest BCUT2D eigenvalue weighted by Crippen LogP contribution is -1.96. The van der Waals surface area contributed by atoms with Crippen molar-refractivity contribution in [3.05, 3.63) is 41.5 Å². The summed E-state index contributed by atoms with van der Waals surface area (Å²) in [4.78, 5) is 0. The Kier molecular flexibility index (Phi) is 5.10. The zero-order valence-corrected chi connectivity index (χ0v) is 10.8. The van der Waals surface area contributed by atoms with Crippen LogP contribution in [0.2, 0.25) is 0 Å². The Morgan fingerprint density at radius 3 is 2.62 bits per heavy atom. The van der Waals surface area contributed by atoms with Gasteiger partial charge in [0.25, 0.3) is 0 Å². The molecule has 1 aromatic rings. The molecule has 1 aromatic carbocycles. The zero-order valence-electron chi connectivity index (χ0n) is 10.8. The second-order valence-corrected chi connectivity index (χ2v) is 4.34. The minimum atomic E-state index is 0.511. The van der Waals surface area contributed by atoms with E-state index in [1.165, 1.54) is 11.1 Å². The van der Waals surface area contributed by atoms with Crippen LogP contribution in [-0.2, 0) is 6.42 Å². The fourth-order valence-electron chi connectivity index (χ4n) is 1.81. The molecule has 0 atom stereocenters. The van der Waals surface area contributed by atoms with Crippen LogP contribution < -0.4 is 4.74 Å². The molecule has 0 heterocycles. The number of rotatable bonds is 5. The molecule has 0 aliphatic rings. The van der Waals surface area contributed by atoms with Crippen LogP contribution in [0, 0.1) is 0 Å². The van der Waals surface area contributed by atoms with E-state index in [-0.39, 0.29) is 0 Å². The Balaban J connectivity index is 2.84. The molecule has 0 spiro atoms. The van der Waals surface area contributed by atoms with Gasteiger partial charge in [-0.3, -0.25) is 0 Å². The van der Waals surface area contributed by atoms with E-state index < -0.39 is 0 Å². The Bertz CT molecular complexity index is 350. The summed E-state index contributed by atoms with van der Waals surface area (Å²) in [6, 6.07) is 6.52. The standard InChI is InChI=1S/C15H22O/c1-5-6-7-8-13-9-10-15(16-4)14(11-13)12(2)3/h5-6,9-12H,7-8H2,1-4H3/b6-5-. The summed E-state index contributed by atoms with van der Waals surface area (Å²) in [5.41, 5.74) is 2.70. The number of hydrogen-bond acceptors (Lipinski definition) is 1. The molecule has 0 bridgehead atoms. The Morgan fingerprint density at radius 1 is 1.31 bits per heavy atom. The van der Waals surface area contributed by atoms with Crippen LogP contribution in [0.3, 0.4) is 0 Å². The van der Waals surface area contributed by atoms with Crippen molar-refractivity contribution in [3.63, 3.8) is 0 Å². The summed E-state index contributed by atoms with van der Waals surface area (Å²) in [6.07, 6.45) is 6.53. The van der Waals surface area contributed by atoms with E-state index in [0.717, 1.165) is 18.6 Å². The first-order valence-corrected chi connectivity index (χ1v) is 5.97. The summed E-state index contributed by atoms with van der Waals surface area (Å²) < 4.78 is 5.37. The third-order valence-electron chi connectivity index (χ3n) is 2.75. The van der Waals surface area contributed by atoms with E-state index in [2.05, 4.69) is 51.1 Å². The smallest absolute Gasteiger partial charge is 0.122 e. The highest BCUT2D eigenvalue weighted by atomic mass is 16.5. The summed E-state index contributed by atoms with van der Waals surface area (Å²) in [7, 11) is 1.74. The number of benzene rings is 1. The first-order chi connectivity index (χ1) is 7.69. The normalized spacial score (nSPS) is 11.3. The van der Waals surface area contributed by atoms with Crippen LogP contribution in [0.1, 0.15) is 44.2 Å². The van der Waals surface area contributed by atoms with E-state index >= 15 is 0 Å². The maximum Gasteiger partial charge on any atom is 0.122 e. The highest BCUT2D eigenvalue weighted by molar-refractivity contribution is 5.39. The molecule has 0 aliphatic heterocycles. The average molecular weight is 218 g/mol. The molecule has 1 heteroatoms. The molecule has 1 rings (SSSR count). The number of methoxy groups -OCH3 is 1. The van der Waals surface area contributed by atoms with Crippen LogP contribution >= 0.6 is 0 Å². The van der Waals surface area contributed by atoms with Crippen molar-refractivity contribution >= 4 is 0 Å². The second kappa shape index (κ2) is 6.37. The molecule has 0 aliphatic carbocycles. The minimum Gasteiger partial charge on any atom is -0.496 e. The SMILES string of the molecule is C/C=C\CCc1ccc(OC)c(C(C)C)c1. The van der Waals surface area contributed by atoms with E-state index in [9.17, 15) is 0 Å². The summed E-state index contributed by atoms with van der Waals surface area (Å²) in [6.45, 7) is 6.47. The van der Waals surface area contributed by atoms with Crippen molar-refractivity contribution in [3.8, 4) is 5.75 Å². The van der Waals surface area contributed by atoms with Gasteiger partial charge in [0.1, 0.15) is 5.75 Å². The molecule has 0 unspecified atom stereocenters. The van der Waals surface area contributed by atoms with Gasteiger partial charge in [-0.05, 0) is 42.9 Å². The monoisotopic (exact) mass is 218 g/mol. The maximum absolute atomic E-state index is 5.37. The number of ether oxygens (including phenoxy) is 1. The number of hydrogen-bond donors (Lipinski definition) is 0. The molecule has 16 heavy (non-hydrogen) atoms. The lowest BCUT2D eigenvalue weighted by atomic mass is 9.98. The van der Waals surface area contributed by atoms with E-state index in [1.54, 1.807) is 7.11 Å². The Morgan fingerprint density at radius 2 is 2.06 bits per heavy atom. The molecule has 0 N–H and O–H groups in total. The van der Waals surface area contributed by atoms with Crippen LogP contribution in [0.15, 0.2) is 30.4 Å². The summed E-state index contributed by atoms with van der Waals surface area (Å²) >= 11 is 0. The Hall–Kier alpha value is -1.24. The van der Waals surface area contributed by atoms with Gasteiger partial charge in [0.2, 0.25) is 0 Å². The highest BCUT2D eigenvalue weighted by Gasteiger charge is 2.07. The average Bonchev–Trinajstić information content (AvgIpc) is 2.29. The van der Waals surface area contributed by atoms with Crippen molar-refractivity contribution in [1.82, 2.24) is 0 Å². The fraction of sp³-hybridized carbons (Fsp3) is 0.467. The summed E-state index contributed by atoms with van der Waals surface area (Å²) in [5.74, 6) is 1.52. The lowest BCUT2D eigenvalue weighted by Gasteiger charge is -2.13. The van der Waals surface area contributed by atoms with Crippen LogP contribution in [0.4, 0.5) is 0 Å². The van der Waals surface area contributed by atoms with Crippen LogP contribution in [-0.4, -0.2) is 7.11 Å². The van der Waals surface area contributed by atoms with Gasteiger partial charge in [0.15, 0.2) is 0 Å². The third-order valence-corrected chi connectivity index (χ3v) is 2.75. The van der Waals surface area contributed by atoms with Gasteiger partial charge in [0.05, 0.1) is 7.11 Å². The van der Waals surface area contributed by atoms with E-state index in [0.29, 0.717) is 5.92 Å². The van der Waals surface area contributed by atoms with Crippen molar-refractivity contribution < 1.29 is 4.74 Å². The summed E-state index contributed by atoms with van der Waals surface area (Å²) in [5, 5.41) is 0. The lowest BCUT2D eigenvalue weighted by molar-refractivity contribution is 0.407. The minimum absolute atomic E-state index is 0.511. The van der Waals surface area contributed by atoms with Crippen molar-refractivity contribution in [2.24, 2.45) is 0 Å². The van der Waals surface area contributed by atoms with Gasteiger partial charge in [0, 0.05) is 0 Å². The molecular formula is C15H22O. The topological polar surface area (TPSA) is 9.23 Å². The van der Waals surface area contributed by atoms with Crippen molar-refractivity contribution in [1.29, 1.82) is 0 Å². The van der Waals surface area contributed by atoms with E-state index in [4.69, 9.17) is 4.74 Å². The molecule has 0 radical (unpaired) electrons. The van der Waals surface area contributed by atoms with Gasteiger partial charge >= 0.3 is 0 Å². The quantitative estimate of drug-likeness (QED) is 0.668. The predicted octanol–water partition coefficient (Wildman–Crippen LogP) is 4.33. The van der Waals surface area contributed by atoms with Gasteiger partial charge in [-0.15, -0.1) is 0 Å². The van der Waals surface area contributed by atoms with Crippen LogP contribution in [0.25, 0.3) is 0 Å². The zero-order chi connectivity index (χ0) is 12.0. The third kappa shape index (κ3) is 3.41. The van der Waals surface area contributed by atoms with Gasteiger partial charge in [-0.25, -0.2) is 0 Å². The van der Waals surface area contributed by atoms with Gasteiger partial charge in [-0.1, -0.05) is 38.1 Å². The first-order valence-electron chi connectivity index (χ1n) is 5.97. The molecule has 0 saturated carbocycles. The molecular weight excluding hydrogens is 196 g/mol. The Labute approximate surface area is 99.1 Å². The van der Waals surface area contributed by atoms with Gasteiger partial charge in [-0.2, -0.15) is 0 Å². The maximum atomic E-state index is 5.37. The molecule has 0 amide bonds. The molecule has 88 valence electrons. The number of allylic oxidation sites excluding steroid dienone is 2. The highest BCUT2D eigenvalue weighted by Crippen LogP contribution is 2.27. The number of aryl methyl sites for hydroxylation is 1.